The van der Waals surface area contributed by atoms with Crippen molar-refractivity contribution in [1.82, 2.24) is 5.32 Å². The topological polar surface area (TPSA) is 41.5 Å². The second-order valence-electron chi connectivity index (χ2n) is 5.49. The Labute approximate surface area is 149 Å². The summed E-state index contributed by atoms with van der Waals surface area (Å²) in [6, 6.07) is 4.30. The van der Waals surface area contributed by atoms with Crippen LogP contribution in [0.4, 0.5) is 26.3 Å². The van der Waals surface area contributed by atoms with Crippen molar-refractivity contribution >= 4 is 23.2 Å². The highest BCUT2D eigenvalue weighted by atomic mass is 35.5. The lowest BCUT2D eigenvalue weighted by molar-refractivity contribution is -0.137. The number of carbonyl (C=O) groups excluding carboxylic acids is 1. The zero-order valence-electron chi connectivity index (χ0n) is 13.1. The Hall–Kier alpha value is -2.03. The van der Waals surface area contributed by atoms with Crippen LogP contribution in [0.2, 0.25) is 0 Å². The number of amides is 1. The Bertz CT molecular complexity index is 739. The van der Waals surface area contributed by atoms with Gasteiger partial charge in [-0.2, -0.15) is 26.3 Å². The van der Waals surface area contributed by atoms with Crippen LogP contribution < -0.4 is 5.32 Å². The Kier molecular flexibility index (Phi) is 6.00. The van der Waals surface area contributed by atoms with E-state index in [0.717, 1.165) is 12.1 Å². The molecule has 1 aliphatic rings. The van der Waals surface area contributed by atoms with Crippen LogP contribution in [0.1, 0.15) is 28.8 Å². The van der Waals surface area contributed by atoms with Crippen LogP contribution in [0.15, 0.2) is 41.0 Å². The van der Waals surface area contributed by atoms with Crippen molar-refractivity contribution in [3.63, 3.8) is 0 Å². The fraction of sp³-hybridized carbons (Fsp3) is 0.375. The smallest absolute Gasteiger partial charge is 0.352 e. The molecule has 1 aromatic rings. The zero-order chi connectivity index (χ0) is 19.5. The molecule has 0 saturated carbocycles. The van der Waals surface area contributed by atoms with Gasteiger partial charge in [-0.15, -0.1) is 11.6 Å². The van der Waals surface area contributed by atoms with Crippen molar-refractivity contribution in [2.45, 2.75) is 30.6 Å². The minimum Gasteiger partial charge on any atom is -0.352 e. The first-order valence-electron chi connectivity index (χ1n) is 7.41. The summed E-state index contributed by atoms with van der Waals surface area (Å²) in [5.41, 5.74) is -2.23. The van der Waals surface area contributed by atoms with Gasteiger partial charge < -0.3 is 5.32 Å². The molecular weight excluding hydrogens is 386 g/mol. The van der Waals surface area contributed by atoms with Gasteiger partial charge in [0.15, 0.2) is 0 Å². The number of hydrogen-bond acceptors (Lipinski definition) is 2. The third-order valence-electron chi connectivity index (χ3n) is 3.65. The largest absolute Gasteiger partial charge is 0.417 e. The molecule has 3 nitrogen and oxygen atoms in total. The van der Waals surface area contributed by atoms with E-state index < -0.39 is 46.8 Å². The number of benzene rings is 1. The quantitative estimate of drug-likeness (QED) is 0.578. The Morgan fingerprint density at radius 2 is 1.81 bits per heavy atom. The van der Waals surface area contributed by atoms with Crippen molar-refractivity contribution in [3.05, 3.63) is 47.2 Å². The van der Waals surface area contributed by atoms with Gasteiger partial charge in [0.2, 0.25) is 0 Å². The molecule has 2 rings (SSSR count). The SMILES string of the molecule is O=C(NCCC1=NC=C(C(F)(F)F)CC1Cl)c1ccccc1C(F)(F)F. The number of nitrogens with zero attached hydrogens (tertiary/aromatic N) is 1. The van der Waals surface area contributed by atoms with E-state index >= 15 is 0 Å². The number of allylic oxidation sites excluding steroid dienone is 1. The molecule has 0 aliphatic carbocycles. The molecule has 0 fully saturated rings. The Balaban J connectivity index is 2.00. The third kappa shape index (κ3) is 5.00. The second-order valence-corrected chi connectivity index (χ2v) is 6.02. The monoisotopic (exact) mass is 398 g/mol. The lowest BCUT2D eigenvalue weighted by Crippen LogP contribution is -2.31. The first kappa shape index (κ1) is 20.3. The van der Waals surface area contributed by atoms with Crippen LogP contribution >= 0.6 is 11.6 Å². The number of carbonyl (C=O) groups is 1. The average molecular weight is 399 g/mol. The lowest BCUT2D eigenvalue weighted by atomic mass is 10.0. The van der Waals surface area contributed by atoms with Gasteiger partial charge in [0.05, 0.1) is 22.1 Å². The number of halogens is 7. The van der Waals surface area contributed by atoms with Crippen LogP contribution in [0.3, 0.4) is 0 Å². The van der Waals surface area contributed by atoms with Crippen LogP contribution in [-0.4, -0.2) is 29.7 Å². The fourth-order valence-corrected chi connectivity index (χ4v) is 2.67. The van der Waals surface area contributed by atoms with Gasteiger partial charge in [-0.3, -0.25) is 9.79 Å². The van der Waals surface area contributed by atoms with Crippen molar-refractivity contribution < 1.29 is 31.1 Å². The molecule has 1 aromatic carbocycles. The van der Waals surface area contributed by atoms with Crippen LogP contribution in [0.5, 0.6) is 0 Å². The van der Waals surface area contributed by atoms with Crippen molar-refractivity contribution in [2.24, 2.45) is 4.99 Å². The minimum atomic E-state index is -4.68. The lowest BCUT2D eigenvalue weighted by Gasteiger charge is -2.20. The molecule has 142 valence electrons. The summed E-state index contributed by atoms with van der Waals surface area (Å²) in [6.45, 7) is -0.109. The Morgan fingerprint density at radius 1 is 1.15 bits per heavy atom. The molecule has 0 saturated heterocycles. The molecule has 1 unspecified atom stereocenters. The maximum absolute atomic E-state index is 12.9. The van der Waals surface area contributed by atoms with Gasteiger partial charge in [-0.05, 0) is 12.1 Å². The van der Waals surface area contributed by atoms with Gasteiger partial charge in [-0.25, -0.2) is 0 Å². The molecule has 0 aromatic heterocycles. The van der Waals surface area contributed by atoms with Gasteiger partial charge in [0, 0.05) is 31.3 Å². The highest BCUT2D eigenvalue weighted by molar-refractivity contribution is 6.32. The number of alkyl halides is 7. The number of hydrogen-bond donors (Lipinski definition) is 1. The zero-order valence-corrected chi connectivity index (χ0v) is 13.8. The van der Waals surface area contributed by atoms with Crippen LogP contribution in [0.25, 0.3) is 0 Å². The molecule has 1 heterocycles. The standard InChI is InChI=1S/C16H13ClF6N2O/c17-12-7-9(15(18,19)20)8-25-13(12)5-6-24-14(26)10-3-1-2-4-11(10)16(21,22)23/h1-4,8,12H,5-7H2,(H,24,26). The van der Waals surface area contributed by atoms with Crippen molar-refractivity contribution in [2.75, 3.05) is 6.54 Å². The molecular formula is C16H13ClF6N2O. The summed E-state index contributed by atoms with van der Waals surface area (Å²) in [4.78, 5) is 15.6. The van der Waals surface area contributed by atoms with E-state index in [0.29, 0.717) is 6.20 Å². The third-order valence-corrected chi connectivity index (χ3v) is 4.06. The second kappa shape index (κ2) is 7.69. The molecule has 26 heavy (non-hydrogen) atoms. The normalized spacial score (nSPS) is 18.2. The first-order valence-corrected chi connectivity index (χ1v) is 7.85. The van der Waals surface area contributed by atoms with E-state index in [2.05, 4.69) is 10.3 Å². The summed E-state index contributed by atoms with van der Waals surface area (Å²) >= 11 is 5.87. The van der Waals surface area contributed by atoms with E-state index in [1.807, 2.05) is 0 Å². The maximum Gasteiger partial charge on any atom is 0.417 e. The fourth-order valence-electron chi connectivity index (χ4n) is 2.34. The molecule has 1 aliphatic heterocycles. The number of aliphatic imine (C=N–C) groups is 1. The maximum atomic E-state index is 12.9. The summed E-state index contributed by atoms with van der Waals surface area (Å²) in [5, 5.41) is 1.31. The number of nitrogens with one attached hydrogen (secondary N) is 1. The van der Waals surface area contributed by atoms with Gasteiger partial charge in [0.25, 0.3) is 5.91 Å². The molecule has 1 amide bonds. The van der Waals surface area contributed by atoms with Crippen LogP contribution in [-0.2, 0) is 6.18 Å². The molecule has 10 heteroatoms. The minimum absolute atomic E-state index is 0.0235. The molecule has 0 radical (unpaired) electrons. The summed E-state index contributed by atoms with van der Waals surface area (Å²) in [5.74, 6) is -0.938. The van der Waals surface area contributed by atoms with E-state index in [1.54, 1.807) is 0 Å². The van der Waals surface area contributed by atoms with Crippen molar-refractivity contribution in [1.29, 1.82) is 0 Å². The average Bonchev–Trinajstić information content (AvgIpc) is 2.54. The van der Waals surface area contributed by atoms with E-state index in [1.165, 1.54) is 12.1 Å². The van der Waals surface area contributed by atoms with Crippen molar-refractivity contribution in [3.8, 4) is 0 Å². The molecule has 1 atom stereocenters. The Morgan fingerprint density at radius 3 is 2.38 bits per heavy atom. The molecule has 1 N–H and O–H groups in total. The summed E-state index contributed by atoms with van der Waals surface area (Å²) in [6.07, 6.45) is -8.95. The first-order chi connectivity index (χ1) is 12.0. The number of rotatable bonds is 4. The summed E-state index contributed by atoms with van der Waals surface area (Å²) in [7, 11) is 0. The van der Waals surface area contributed by atoms with Gasteiger partial charge in [0.1, 0.15) is 0 Å². The van der Waals surface area contributed by atoms with Gasteiger partial charge in [-0.1, -0.05) is 12.1 Å². The molecule has 0 bridgehead atoms. The van der Waals surface area contributed by atoms with Gasteiger partial charge >= 0.3 is 12.4 Å². The molecule has 0 spiro atoms. The predicted molar refractivity (Wildman–Crippen MR) is 84.2 cm³/mol. The van der Waals surface area contributed by atoms with E-state index in [4.69, 9.17) is 11.6 Å². The van der Waals surface area contributed by atoms with Crippen LogP contribution in [0, 0.1) is 0 Å². The highest BCUT2D eigenvalue weighted by Gasteiger charge is 2.37. The highest BCUT2D eigenvalue weighted by Crippen LogP contribution is 2.33. The van der Waals surface area contributed by atoms with E-state index in [9.17, 15) is 31.1 Å². The summed E-state index contributed by atoms with van der Waals surface area (Å²) < 4.78 is 76.4. The van der Waals surface area contributed by atoms with E-state index in [-0.39, 0.29) is 18.7 Å². The predicted octanol–water partition coefficient (Wildman–Crippen LogP) is 4.72.